The second-order valence-corrected chi connectivity index (χ2v) is 9.61. The Morgan fingerprint density at radius 3 is 2.24 bits per heavy atom. The first-order valence-corrected chi connectivity index (χ1v) is 11.8. The van der Waals surface area contributed by atoms with Crippen LogP contribution in [0.2, 0.25) is 0 Å². The molecule has 0 fully saturated rings. The Labute approximate surface area is 159 Å². The van der Waals surface area contributed by atoms with Gasteiger partial charge in [-0.3, -0.25) is 0 Å². The van der Waals surface area contributed by atoms with Crippen molar-refractivity contribution in [2.24, 2.45) is 0 Å². The van der Waals surface area contributed by atoms with Gasteiger partial charge in [-0.05, 0) is 0 Å². The minimum atomic E-state index is -0.286. The van der Waals surface area contributed by atoms with Crippen molar-refractivity contribution in [3.8, 4) is 0 Å². The molecule has 0 nitrogen and oxygen atoms in total. The number of fused-ring (bicyclic) bond motifs is 1. The van der Waals surface area contributed by atoms with Crippen molar-refractivity contribution in [2.45, 2.75) is 51.9 Å². The number of rotatable bonds is 9. The van der Waals surface area contributed by atoms with Gasteiger partial charge in [0.1, 0.15) is 0 Å². The van der Waals surface area contributed by atoms with E-state index in [1.54, 1.807) is 14.3 Å². The van der Waals surface area contributed by atoms with Crippen LogP contribution in [0.5, 0.6) is 0 Å². The van der Waals surface area contributed by atoms with E-state index in [1.807, 2.05) is 0 Å². The van der Waals surface area contributed by atoms with Crippen LogP contribution in [0.15, 0.2) is 66.7 Å². The first-order chi connectivity index (χ1) is 12.4. The molecule has 25 heavy (non-hydrogen) atoms. The maximum absolute atomic E-state index is 2.37. The zero-order chi connectivity index (χ0) is 17.3. The molecule has 1 unspecified atom stereocenters. The molecule has 0 amide bonds. The van der Waals surface area contributed by atoms with E-state index in [-0.39, 0.29) is 15.8 Å². The van der Waals surface area contributed by atoms with Crippen molar-refractivity contribution in [1.29, 1.82) is 0 Å². The summed E-state index contributed by atoms with van der Waals surface area (Å²) in [6, 6.07) is 24.8. The predicted octanol–water partition coefficient (Wildman–Crippen LogP) is 5.13. The van der Waals surface area contributed by atoms with Crippen LogP contribution >= 0.6 is 0 Å². The van der Waals surface area contributed by atoms with Crippen LogP contribution in [0.1, 0.15) is 51.0 Å². The molecule has 1 heteroatoms. The van der Waals surface area contributed by atoms with E-state index < -0.39 is 0 Å². The van der Waals surface area contributed by atoms with Gasteiger partial charge in [0.05, 0.1) is 0 Å². The topological polar surface area (TPSA) is 0 Å². The molecule has 0 saturated heterocycles. The molecule has 0 aliphatic carbocycles. The van der Waals surface area contributed by atoms with E-state index in [1.165, 1.54) is 55.7 Å². The zero-order valence-corrected chi connectivity index (χ0v) is 17.4. The molecule has 3 rings (SSSR count). The Balaban J connectivity index is 1.68. The molecule has 0 heterocycles. The van der Waals surface area contributed by atoms with Gasteiger partial charge in [0.25, 0.3) is 0 Å². The van der Waals surface area contributed by atoms with Gasteiger partial charge in [-0.15, -0.1) is 0 Å². The molecular formula is C24H29As. The molecule has 0 N–H and O–H groups in total. The third-order valence-corrected chi connectivity index (χ3v) is 7.94. The van der Waals surface area contributed by atoms with Gasteiger partial charge in [0, 0.05) is 0 Å². The van der Waals surface area contributed by atoms with Gasteiger partial charge in [-0.1, -0.05) is 0 Å². The monoisotopic (exact) mass is 392 g/mol. The van der Waals surface area contributed by atoms with Crippen LogP contribution in [0.3, 0.4) is 0 Å². The maximum atomic E-state index is 2.37. The molecule has 3 aromatic rings. The van der Waals surface area contributed by atoms with Crippen LogP contribution in [-0.2, 0) is 6.42 Å². The molecule has 130 valence electrons. The Bertz CT molecular complexity index is 785. The molecule has 3 aromatic carbocycles. The molecule has 0 aliphatic rings. The fourth-order valence-electron chi connectivity index (χ4n) is 3.44. The molecule has 0 radical (unpaired) electrons. The van der Waals surface area contributed by atoms with Gasteiger partial charge in [-0.25, -0.2) is 0 Å². The number of unbranched alkanes of at least 4 members (excludes halogenated alkanes) is 5. The van der Waals surface area contributed by atoms with Crippen molar-refractivity contribution in [3.05, 3.63) is 72.3 Å². The summed E-state index contributed by atoms with van der Waals surface area (Å²) in [5.41, 5.74) is 1.59. The van der Waals surface area contributed by atoms with Crippen molar-refractivity contribution < 1.29 is 0 Å². The summed E-state index contributed by atoms with van der Waals surface area (Å²) in [6.45, 7) is 2.29. The normalized spacial score (nSPS) is 11.6. The average molecular weight is 392 g/mol. The first kappa shape index (κ1) is 18.3. The van der Waals surface area contributed by atoms with Gasteiger partial charge >= 0.3 is 159 Å². The average Bonchev–Trinajstić information content (AvgIpc) is 2.66. The van der Waals surface area contributed by atoms with Crippen LogP contribution in [0.4, 0.5) is 0 Å². The fraction of sp³-hybridized carbons (Fsp3) is 0.333. The van der Waals surface area contributed by atoms with E-state index in [4.69, 9.17) is 0 Å². The summed E-state index contributed by atoms with van der Waals surface area (Å²) in [7, 11) is 0. The third-order valence-electron chi connectivity index (χ3n) is 4.88. The van der Waals surface area contributed by atoms with Gasteiger partial charge < -0.3 is 0 Å². The fourth-order valence-corrected chi connectivity index (χ4v) is 6.33. The summed E-state index contributed by atoms with van der Waals surface area (Å²) in [6.07, 6.45) is 9.49. The van der Waals surface area contributed by atoms with Crippen LogP contribution in [0, 0.1) is 0 Å². The number of hydrogen-bond donors (Lipinski definition) is 0. The van der Waals surface area contributed by atoms with E-state index >= 15 is 0 Å². The summed E-state index contributed by atoms with van der Waals surface area (Å²) in [4.78, 5) is 0. The predicted molar refractivity (Wildman–Crippen MR) is 114 cm³/mol. The third kappa shape index (κ3) is 5.22. The Hall–Kier alpha value is -1.52. The van der Waals surface area contributed by atoms with E-state index in [0.29, 0.717) is 0 Å². The Morgan fingerprint density at radius 1 is 0.640 bits per heavy atom. The van der Waals surface area contributed by atoms with Crippen LogP contribution in [0.25, 0.3) is 10.8 Å². The molecule has 1 atom stereocenters. The second kappa shape index (κ2) is 9.83. The molecule has 0 bridgehead atoms. The first-order valence-electron chi connectivity index (χ1n) is 9.71. The standard InChI is InChI=1S/C24H29As/c1-2-3-4-5-6-7-14-21-15-9-11-18-23(21)25-24-19-12-16-20-13-8-10-17-22(20)24/h8-13,15-19,25H,2-7,14H2,1H3. The van der Waals surface area contributed by atoms with E-state index in [0.717, 1.165) is 0 Å². The number of hydrogen-bond acceptors (Lipinski definition) is 0. The quantitative estimate of drug-likeness (QED) is 0.350. The van der Waals surface area contributed by atoms with Crippen molar-refractivity contribution in [1.82, 2.24) is 0 Å². The molecule has 0 saturated carbocycles. The molecular weight excluding hydrogens is 363 g/mol. The van der Waals surface area contributed by atoms with Gasteiger partial charge in [0.2, 0.25) is 0 Å². The minimum absolute atomic E-state index is 0.286. The summed E-state index contributed by atoms with van der Waals surface area (Å²) in [5, 5.41) is 2.82. The summed E-state index contributed by atoms with van der Waals surface area (Å²) < 4.78 is 3.18. The Kier molecular flexibility index (Phi) is 7.19. The van der Waals surface area contributed by atoms with Crippen molar-refractivity contribution >= 4 is 35.2 Å². The van der Waals surface area contributed by atoms with Crippen LogP contribution in [-0.4, -0.2) is 15.8 Å². The molecule has 0 aromatic heterocycles. The number of aryl methyl sites for hydroxylation is 1. The van der Waals surface area contributed by atoms with E-state index in [2.05, 4.69) is 73.7 Å². The Morgan fingerprint density at radius 2 is 1.32 bits per heavy atom. The zero-order valence-electron chi connectivity index (χ0n) is 15.3. The number of benzene rings is 3. The van der Waals surface area contributed by atoms with Crippen molar-refractivity contribution in [2.75, 3.05) is 0 Å². The van der Waals surface area contributed by atoms with Gasteiger partial charge in [0.15, 0.2) is 0 Å². The summed E-state index contributed by atoms with van der Waals surface area (Å²) in [5.74, 6) is 0. The van der Waals surface area contributed by atoms with E-state index in [9.17, 15) is 0 Å². The molecule has 0 spiro atoms. The van der Waals surface area contributed by atoms with Gasteiger partial charge in [-0.2, -0.15) is 0 Å². The summed E-state index contributed by atoms with van der Waals surface area (Å²) >= 11 is -0.286. The SMILES string of the molecule is CCCCCCCCc1ccccc1[AsH]c1cccc2ccccc12. The molecule has 0 aliphatic heterocycles. The van der Waals surface area contributed by atoms with Crippen LogP contribution < -0.4 is 8.70 Å². The second-order valence-electron chi connectivity index (χ2n) is 6.83. The van der Waals surface area contributed by atoms with Crippen molar-refractivity contribution in [3.63, 3.8) is 0 Å².